The second-order valence-electron chi connectivity index (χ2n) is 14.9. The molecule has 3 aliphatic rings. The monoisotopic (exact) mass is 1020 g/mol. The van der Waals surface area contributed by atoms with Crippen molar-refractivity contribution in [1.29, 1.82) is 0 Å². The van der Waals surface area contributed by atoms with E-state index in [4.69, 9.17) is 0 Å². The lowest BCUT2D eigenvalue weighted by molar-refractivity contribution is -0.390. The lowest BCUT2D eigenvalue weighted by Crippen LogP contribution is -2.31. The molecule has 72 heavy (non-hydrogen) atoms. The van der Waals surface area contributed by atoms with Gasteiger partial charge in [-0.3, -0.25) is 13.6 Å². The number of aromatic nitrogens is 12. The predicted octanol–water partition coefficient (Wildman–Crippen LogP) is 4.47. The third-order valence-corrected chi connectivity index (χ3v) is 11.0. The fourth-order valence-corrected chi connectivity index (χ4v) is 7.84. The van der Waals surface area contributed by atoms with E-state index in [-0.39, 0.29) is 46.7 Å². The standard InChI is InChI=1S/3C12H6FN5O5.CH3FS/c3*13-6-2-1-5-3-8(7(5)4-6)17-10(15-22-12(17)19)9-11(18(20)21)16-23-14-9;1-3-2/h3*1-2,4,8H,3H2;1H3. The molecule has 0 saturated carbocycles. The molecule has 0 N–H and O–H groups in total. The summed E-state index contributed by atoms with van der Waals surface area (Å²) >= 11 is 0.250. The number of hydrogen-bond donors (Lipinski definition) is 0. The average molecular weight is 1020 g/mol. The molecule has 6 aromatic heterocycles. The minimum atomic E-state index is -0.836. The van der Waals surface area contributed by atoms with Crippen molar-refractivity contribution in [1.82, 2.24) is 60.1 Å². The summed E-state index contributed by atoms with van der Waals surface area (Å²) in [6.07, 6.45) is 2.68. The highest BCUT2D eigenvalue weighted by Crippen LogP contribution is 2.41. The number of rotatable bonds is 9. The van der Waals surface area contributed by atoms with Crippen LogP contribution in [-0.4, -0.2) is 81.1 Å². The summed E-state index contributed by atoms with van der Waals surface area (Å²) in [6, 6.07) is 11.0. The largest absolute Gasteiger partial charge is 0.446 e. The molecule has 3 aliphatic carbocycles. The van der Waals surface area contributed by atoms with Gasteiger partial charge in [0.2, 0.25) is 17.5 Å². The summed E-state index contributed by atoms with van der Waals surface area (Å²) in [6.45, 7) is 0. The van der Waals surface area contributed by atoms with Gasteiger partial charge in [-0.1, -0.05) is 33.7 Å². The van der Waals surface area contributed by atoms with Crippen LogP contribution in [0.25, 0.3) is 34.6 Å². The van der Waals surface area contributed by atoms with Crippen LogP contribution >= 0.6 is 12.1 Å². The Morgan fingerprint density at radius 2 is 0.764 bits per heavy atom. The molecule has 0 radical (unpaired) electrons. The van der Waals surface area contributed by atoms with Crippen LogP contribution in [0.2, 0.25) is 0 Å². The molecule has 3 atom stereocenters. The van der Waals surface area contributed by atoms with Gasteiger partial charge in [0.15, 0.2) is 15.5 Å². The maximum Gasteiger partial charge on any atom is 0.446 e. The molecule has 3 aromatic carbocycles. The smallest absolute Gasteiger partial charge is 0.358 e. The first-order valence-corrected chi connectivity index (χ1v) is 20.9. The third kappa shape index (κ3) is 8.42. The molecule has 0 saturated heterocycles. The van der Waals surface area contributed by atoms with Crippen LogP contribution in [0.3, 0.4) is 0 Å². The van der Waals surface area contributed by atoms with E-state index in [0.717, 1.165) is 30.4 Å². The van der Waals surface area contributed by atoms with Crippen LogP contribution in [0.15, 0.2) is 96.4 Å². The zero-order chi connectivity index (χ0) is 51.1. The Balaban J connectivity index is 0.000000130. The van der Waals surface area contributed by atoms with Crippen molar-refractivity contribution in [2.75, 3.05) is 6.26 Å². The molecule has 35 heteroatoms. The Bertz CT molecular complexity index is 3380. The van der Waals surface area contributed by atoms with Crippen molar-refractivity contribution >= 4 is 29.6 Å². The summed E-state index contributed by atoms with van der Waals surface area (Å²) < 4.78 is 80.4. The Hall–Kier alpha value is -9.83. The number of hydrogen-bond acceptors (Lipinski definition) is 25. The summed E-state index contributed by atoms with van der Waals surface area (Å²) in [7, 11) is 0. The van der Waals surface area contributed by atoms with Crippen LogP contribution in [-0.2, 0) is 19.3 Å². The van der Waals surface area contributed by atoms with Gasteiger partial charge in [-0.2, -0.15) is 3.89 Å². The summed E-state index contributed by atoms with van der Waals surface area (Å²) in [4.78, 5) is 66.1. The number of benzene rings is 3. The molecule has 9 aromatic rings. The quantitative estimate of drug-likeness (QED) is 0.109. The minimum absolute atomic E-state index is 0.192. The van der Waals surface area contributed by atoms with E-state index in [9.17, 15) is 61.8 Å². The van der Waals surface area contributed by atoms with E-state index in [1.54, 1.807) is 18.2 Å². The van der Waals surface area contributed by atoms with Crippen molar-refractivity contribution in [3.05, 3.63) is 167 Å². The SMILES string of the molecule is CSF.O=c1onc(-c2nonc2[N+](=O)[O-])n1C1Cc2ccc(F)cc21.O=c1onc(-c2nonc2[N+](=O)[O-])n1C1Cc2ccc(F)cc21.O=c1onc(-c2nonc2[N+](=O)[O-])n1C1Cc2ccc(F)cc21. The van der Waals surface area contributed by atoms with Crippen LogP contribution in [0.1, 0.15) is 51.5 Å². The zero-order valence-electron chi connectivity index (χ0n) is 35.3. The van der Waals surface area contributed by atoms with Gasteiger partial charge >= 0.3 is 34.7 Å². The number of nitrogens with zero attached hydrogens (tertiary/aromatic N) is 15. The molecule has 0 aliphatic heterocycles. The lowest BCUT2D eigenvalue weighted by Gasteiger charge is -2.30. The van der Waals surface area contributed by atoms with E-state index in [0.29, 0.717) is 36.0 Å². The van der Waals surface area contributed by atoms with Gasteiger partial charge in [-0.25, -0.2) is 41.3 Å². The normalized spacial score (nSPS) is 15.5. The molecule has 368 valence electrons. The van der Waals surface area contributed by atoms with Crippen LogP contribution in [0.4, 0.5) is 34.5 Å². The Kier molecular flexibility index (Phi) is 12.4. The highest BCUT2D eigenvalue weighted by atomic mass is 32.2. The number of fused-ring (bicyclic) bond motifs is 3. The first-order valence-electron chi connectivity index (χ1n) is 19.8. The van der Waals surface area contributed by atoms with Crippen LogP contribution < -0.4 is 17.3 Å². The average Bonchev–Trinajstić information content (AvgIpc) is 4.20. The topological polar surface area (TPSA) is 390 Å². The molecule has 0 bridgehead atoms. The third-order valence-electron chi connectivity index (χ3n) is 11.0. The van der Waals surface area contributed by atoms with Gasteiger partial charge in [0.1, 0.15) is 17.5 Å². The first kappa shape index (κ1) is 47.2. The van der Waals surface area contributed by atoms with Gasteiger partial charge < -0.3 is 30.3 Å². The maximum atomic E-state index is 13.4. The minimum Gasteiger partial charge on any atom is -0.358 e. The van der Waals surface area contributed by atoms with Crippen molar-refractivity contribution in [3.8, 4) is 34.6 Å². The highest BCUT2D eigenvalue weighted by molar-refractivity contribution is 7.93. The fourth-order valence-electron chi connectivity index (χ4n) is 7.84. The van der Waals surface area contributed by atoms with Crippen molar-refractivity contribution < 1.29 is 59.3 Å². The Labute approximate surface area is 394 Å². The lowest BCUT2D eigenvalue weighted by atomic mass is 9.83. The van der Waals surface area contributed by atoms with Crippen molar-refractivity contribution in [2.45, 2.75) is 37.4 Å². The highest BCUT2D eigenvalue weighted by Gasteiger charge is 2.40. The van der Waals surface area contributed by atoms with E-state index >= 15 is 0 Å². The van der Waals surface area contributed by atoms with Crippen LogP contribution in [0, 0.1) is 47.8 Å². The molecule has 12 rings (SSSR count). The molecule has 3 unspecified atom stereocenters. The summed E-state index contributed by atoms with van der Waals surface area (Å²) in [5.41, 5.74) is 3.35. The van der Waals surface area contributed by atoms with Crippen LogP contribution in [0.5, 0.6) is 0 Å². The van der Waals surface area contributed by atoms with Gasteiger partial charge in [0.05, 0.1) is 18.1 Å². The van der Waals surface area contributed by atoms with Crippen molar-refractivity contribution in [2.24, 2.45) is 0 Å². The summed E-state index contributed by atoms with van der Waals surface area (Å²) in [5.74, 6) is -6.50. The molecular formula is C37H21F4N15O15S. The number of halogens is 4. The van der Waals surface area contributed by atoms with E-state index < -0.39 is 85.1 Å². The Morgan fingerprint density at radius 1 is 0.500 bits per heavy atom. The van der Waals surface area contributed by atoms with E-state index in [1.807, 2.05) is 0 Å². The van der Waals surface area contributed by atoms with E-state index in [2.05, 4.69) is 73.9 Å². The fraction of sp³-hybridized carbons (Fsp3) is 0.189. The zero-order valence-corrected chi connectivity index (χ0v) is 36.1. The molecule has 0 amide bonds. The maximum absolute atomic E-state index is 13.4. The van der Waals surface area contributed by atoms with E-state index in [1.165, 1.54) is 42.7 Å². The molecule has 0 fully saturated rings. The molecular weight excluding hydrogens is 1000 g/mol. The van der Waals surface area contributed by atoms with Crippen molar-refractivity contribution in [3.63, 3.8) is 0 Å². The molecule has 0 spiro atoms. The molecule has 30 nitrogen and oxygen atoms in total. The second kappa shape index (κ2) is 18.9. The number of nitro groups is 3. The Morgan fingerprint density at radius 3 is 1.01 bits per heavy atom. The summed E-state index contributed by atoms with van der Waals surface area (Å²) in [5, 5.41) is 63.0. The molecule has 6 heterocycles. The second-order valence-corrected chi connectivity index (χ2v) is 15.2. The van der Waals surface area contributed by atoms with Gasteiger partial charge in [-0.05, 0) is 119 Å². The van der Waals surface area contributed by atoms with Gasteiger partial charge in [0, 0.05) is 18.4 Å². The van der Waals surface area contributed by atoms with Gasteiger partial charge in [0.25, 0.3) is 17.1 Å². The predicted molar refractivity (Wildman–Crippen MR) is 221 cm³/mol. The first-order chi connectivity index (χ1) is 34.6. The van der Waals surface area contributed by atoms with Gasteiger partial charge in [-0.15, -0.1) is 13.9 Å².